The Kier molecular flexibility index (Phi) is 5.65. The van der Waals surface area contributed by atoms with Gasteiger partial charge in [-0.3, -0.25) is 0 Å². The van der Waals surface area contributed by atoms with Gasteiger partial charge in [-0.15, -0.1) is 12.4 Å². The first-order chi connectivity index (χ1) is 9.21. The van der Waals surface area contributed by atoms with Crippen LogP contribution < -0.4 is 5.73 Å². The fraction of sp³-hybridized carbons (Fsp3) is 0.500. The number of hydrogen-bond donors (Lipinski definition) is 1. The predicted molar refractivity (Wildman–Crippen MR) is 74.7 cm³/mol. The van der Waals surface area contributed by atoms with Gasteiger partial charge in [0.15, 0.2) is 0 Å². The third-order valence-electron chi connectivity index (χ3n) is 3.22. The largest absolute Gasteiger partial charge is 0.416 e. The molecule has 21 heavy (non-hydrogen) atoms. The monoisotopic (exact) mass is 344 g/mol. The number of piperidine rings is 1. The van der Waals surface area contributed by atoms with Gasteiger partial charge < -0.3 is 5.73 Å². The number of nitrogens with two attached hydrogens (primary N) is 1. The molecule has 1 heterocycles. The number of rotatable bonds is 2. The Labute approximate surface area is 127 Å². The SMILES string of the molecule is Cl.NC1CCCN(S(=O)(=O)c2cccc(C(F)(F)F)c2)C1. The topological polar surface area (TPSA) is 63.4 Å². The molecule has 9 heteroatoms. The van der Waals surface area contributed by atoms with Gasteiger partial charge in [0.1, 0.15) is 0 Å². The lowest BCUT2D eigenvalue weighted by Gasteiger charge is -2.30. The fourth-order valence-electron chi connectivity index (χ4n) is 2.17. The molecule has 0 saturated carbocycles. The summed E-state index contributed by atoms with van der Waals surface area (Å²) in [5.74, 6) is 0. The van der Waals surface area contributed by atoms with Crippen molar-refractivity contribution in [1.29, 1.82) is 0 Å². The smallest absolute Gasteiger partial charge is 0.327 e. The van der Waals surface area contributed by atoms with E-state index < -0.39 is 21.8 Å². The first-order valence-corrected chi connectivity index (χ1v) is 7.58. The lowest BCUT2D eigenvalue weighted by molar-refractivity contribution is -0.137. The first kappa shape index (κ1) is 18.2. The van der Waals surface area contributed by atoms with Crippen molar-refractivity contribution in [2.45, 2.75) is 30.0 Å². The molecule has 4 nitrogen and oxygen atoms in total. The molecule has 1 aromatic carbocycles. The summed E-state index contributed by atoms with van der Waals surface area (Å²) < 4.78 is 63.7. The van der Waals surface area contributed by atoms with Crippen LogP contribution in [0.1, 0.15) is 18.4 Å². The molecule has 0 aromatic heterocycles. The highest BCUT2D eigenvalue weighted by molar-refractivity contribution is 7.89. The summed E-state index contributed by atoms with van der Waals surface area (Å²) in [4.78, 5) is -0.346. The summed E-state index contributed by atoms with van der Waals surface area (Å²) in [6.07, 6.45) is -3.24. The zero-order chi connectivity index (χ0) is 15.0. The van der Waals surface area contributed by atoms with Crippen LogP contribution in [0, 0.1) is 0 Å². The molecule has 1 aliphatic heterocycles. The van der Waals surface area contributed by atoms with Crippen molar-refractivity contribution in [2.75, 3.05) is 13.1 Å². The number of benzene rings is 1. The van der Waals surface area contributed by atoms with Gasteiger partial charge in [-0.1, -0.05) is 6.07 Å². The Hall–Kier alpha value is -0.830. The summed E-state index contributed by atoms with van der Waals surface area (Å²) in [6.45, 7) is 0.421. The molecule has 0 bridgehead atoms. The maximum Gasteiger partial charge on any atom is 0.416 e. The molecule has 120 valence electrons. The highest BCUT2D eigenvalue weighted by Crippen LogP contribution is 2.31. The second-order valence-electron chi connectivity index (χ2n) is 4.79. The van der Waals surface area contributed by atoms with Crippen LogP contribution in [0.5, 0.6) is 0 Å². The standard InChI is InChI=1S/C12H15F3N2O2S.ClH/c13-12(14,15)9-3-1-5-11(7-9)20(18,19)17-6-2-4-10(16)8-17;/h1,3,5,7,10H,2,4,6,8,16H2;1H. The van der Waals surface area contributed by atoms with E-state index in [-0.39, 0.29) is 36.4 Å². The molecule has 1 atom stereocenters. The van der Waals surface area contributed by atoms with Crippen molar-refractivity contribution in [2.24, 2.45) is 5.73 Å². The quantitative estimate of drug-likeness (QED) is 0.895. The van der Waals surface area contributed by atoms with Gasteiger partial charge in [-0.25, -0.2) is 8.42 Å². The molecule has 1 saturated heterocycles. The molecule has 1 aliphatic rings. The molecule has 0 radical (unpaired) electrons. The molecule has 1 aromatic rings. The van der Waals surface area contributed by atoms with E-state index in [0.29, 0.717) is 18.9 Å². The maximum atomic E-state index is 12.6. The van der Waals surface area contributed by atoms with Gasteiger partial charge in [0.25, 0.3) is 0 Å². The van der Waals surface area contributed by atoms with Crippen LogP contribution in [-0.4, -0.2) is 31.9 Å². The number of alkyl halides is 3. The highest BCUT2D eigenvalue weighted by Gasteiger charge is 2.34. The molecule has 0 amide bonds. The van der Waals surface area contributed by atoms with E-state index in [9.17, 15) is 21.6 Å². The molecular weight excluding hydrogens is 329 g/mol. The van der Waals surface area contributed by atoms with E-state index in [1.807, 2.05) is 0 Å². The molecule has 2 N–H and O–H groups in total. The Balaban J connectivity index is 0.00000220. The van der Waals surface area contributed by atoms with Gasteiger partial charge in [-0.05, 0) is 31.0 Å². The van der Waals surface area contributed by atoms with Crippen LogP contribution in [0.2, 0.25) is 0 Å². The lowest BCUT2D eigenvalue weighted by Crippen LogP contribution is -2.45. The average molecular weight is 345 g/mol. The van der Waals surface area contributed by atoms with E-state index >= 15 is 0 Å². The van der Waals surface area contributed by atoms with Gasteiger partial charge in [0.05, 0.1) is 10.5 Å². The molecule has 1 fully saturated rings. The normalized spacial score (nSPS) is 20.9. The Morgan fingerprint density at radius 1 is 1.29 bits per heavy atom. The molecule has 0 spiro atoms. The predicted octanol–water partition coefficient (Wildman–Crippen LogP) is 2.24. The zero-order valence-electron chi connectivity index (χ0n) is 11.0. The molecule has 1 unspecified atom stereocenters. The van der Waals surface area contributed by atoms with Crippen LogP contribution in [0.15, 0.2) is 29.2 Å². The molecular formula is C12H16ClF3N2O2S. The summed E-state index contributed by atoms with van der Waals surface area (Å²) in [7, 11) is -3.92. The number of sulfonamides is 1. The van der Waals surface area contributed by atoms with Crippen LogP contribution in [0.3, 0.4) is 0 Å². The summed E-state index contributed by atoms with van der Waals surface area (Å²) in [6, 6.07) is 3.50. The number of halogens is 4. The van der Waals surface area contributed by atoms with Gasteiger partial charge in [0, 0.05) is 19.1 Å². The summed E-state index contributed by atoms with van der Waals surface area (Å²) in [5.41, 5.74) is 4.74. The third-order valence-corrected chi connectivity index (χ3v) is 5.08. The lowest BCUT2D eigenvalue weighted by atomic mass is 10.1. The minimum atomic E-state index is -4.57. The number of nitrogens with zero attached hydrogens (tertiary/aromatic N) is 1. The Bertz CT molecular complexity index is 592. The zero-order valence-corrected chi connectivity index (χ0v) is 12.6. The van der Waals surface area contributed by atoms with Crippen molar-refractivity contribution in [3.63, 3.8) is 0 Å². The Morgan fingerprint density at radius 2 is 1.95 bits per heavy atom. The van der Waals surface area contributed by atoms with E-state index in [1.54, 1.807) is 0 Å². The van der Waals surface area contributed by atoms with E-state index in [4.69, 9.17) is 5.73 Å². The summed E-state index contributed by atoms with van der Waals surface area (Å²) in [5, 5.41) is 0. The van der Waals surface area contributed by atoms with Crippen LogP contribution >= 0.6 is 12.4 Å². The third kappa shape index (κ3) is 4.09. The van der Waals surface area contributed by atoms with E-state index in [0.717, 1.165) is 16.4 Å². The van der Waals surface area contributed by atoms with E-state index in [1.165, 1.54) is 6.07 Å². The van der Waals surface area contributed by atoms with Gasteiger partial charge >= 0.3 is 6.18 Å². The van der Waals surface area contributed by atoms with Crippen molar-refractivity contribution >= 4 is 22.4 Å². The fourth-order valence-corrected chi connectivity index (χ4v) is 3.76. The minimum absolute atomic E-state index is 0. The maximum absolute atomic E-state index is 12.6. The minimum Gasteiger partial charge on any atom is -0.327 e. The van der Waals surface area contributed by atoms with Crippen LogP contribution in [0.4, 0.5) is 13.2 Å². The van der Waals surface area contributed by atoms with Crippen molar-refractivity contribution in [3.8, 4) is 0 Å². The van der Waals surface area contributed by atoms with E-state index in [2.05, 4.69) is 0 Å². The number of hydrogen-bond acceptors (Lipinski definition) is 3. The average Bonchev–Trinajstić information content (AvgIpc) is 2.38. The molecule has 2 rings (SSSR count). The van der Waals surface area contributed by atoms with Crippen LogP contribution in [-0.2, 0) is 16.2 Å². The Morgan fingerprint density at radius 3 is 2.52 bits per heavy atom. The molecule has 0 aliphatic carbocycles. The highest BCUT2D eigenvalue weighted by atomic mass is 35.5. The van der Waals surface area contributed by atoms with Gasteiger partial charge in [-0.2, -0.15) is 17.5 Å². The van der Waals surface area contributed by atoms with Crippen molar-refractivity contribution in [3.05, 3.63) is 29.8 Å². The second-order valence-corrected chi connectivity index (χ2v) is 6.73. The first-order valence-electron chi connectivity index (χ1n) is 6.14. The van der Waals surface area contributed by atoms with Crippen molar-refractivity contribution in [1.82, 2.24) is 4.31 Å². The van der Waals surface area contributed by atoms with Crippen molar-refractivity contribution < 1.29 is 21.6 Å². The summed E-state index contributed by atoms with van der Waals surface area (Å²) >= 11 is 0. The second kappa shape index (κ2) is 6.51. The van der Waals surface area contributed by atoms with Crippen LogP contribution in [0.25, 0.3) is 0 Å². The van der Waals surface area contributed by atoms with Gasteiger partial charge in [0.2, 0.25) is 10.0 Å².